The summed E-state index contributed by atoms with van der Waals surface area (Å²) in [5.41, 5.74) is 7.41. The van der Waals surface area contributed by atoms with Crippen molar-refractivity contribution >= 4 is 28.4 Å². The van der Waals surface area contributed by atoms with E-state index in [2.05, 4.69) is 10.6 Å². The number of thiophene rings is 1. The molecule has 25 heavy (non-hydrogen) atoms. The van der Waals surface area contributed by atoms with Gasteiger partial charge in [-0.1, -0.05) is 30.3 Å². The van der Waals surface area contributed by atoms with Gasteiger partial charge in [-0.3, -0.25) is 5.32 Å². The number of carboxylic acid groups (broad SMARTS) is 1. The van der Waals surface area contributed by atoms with Crippen molar-refractivity contribution in [3.63, 3.8) is 0 Å². The SMILES string of the molecule is NC[C@@H]1Cc2c(sc(NC(=O)OCc3ccccc3)c2C(=O)O)CN1. The quantitative estimate of drug-likeness (QED) is 0.649. The van der Waals surface area contributed by atoms with E-state index in [0.29, 0.717) is 24.5 Å². The molecule has 1 amide bonds. The monoisotopic (exact) mass is 361 g/mol. The Balaban J connectivity index is 1.72. The van der Waals surface area contributed by atoms with Gasteiger partial charge in [0, 0.05) is 24.0 Å². The van der Waals surface area contributed by atoms with Gasteiger partial charge in [-0.15, -0.1) is 11.3 Å². The van der Waals surface area contributed by atoms with Crippen LogP contribution in [-0.4, -0.2) is 29.8 Å². The van der Waals surface area contributed by atoms with Gasteiger partial charge in [0.1, 0.15) is 11.6 Å². The number of hydrogen-bond acceptors (Lipinski definition) is 6. The zero-order chi connectivity index (χ0) is 17.8. The van der Waals surface area contributed by atoms with Crippen LogP contribution < -0.4 is 16.4 Å². The third-order valence-corrected chi connectivity index (χ3v) is 5.17. The zero-order valence-corrected chi connectivity index (χ0v) is 14.3. The lowest BCUT2D eigenvalue weighted by atomic mass is 9.98. The maximum Gasteiger partial charge on any atom is 0.412 e. The number of benzene rings is 1. The summed E-state index contributed by atoms with van der Waals surface area (Å²) >= 11 is 1.26. The molecule has 5 N–H and O–H groups in total. The van der Waals surface area contributed by atoms with E-state index >= 15 is 0 Å². The van der Waals surface area contributed by atoms with Crippen LogP contribution in [0.25, 0.3) is 0 Å². The molecule has 1 aliphatic heterocycles. The molecule has 132 valence electrons. The second-order valence-corrected chi connectivity index (χ2v) is 6.82. The molecule has 0 unspecified atom stereocenters. The average Bonchev–Trinajstić information content (AvgIpc) is 2.97. The Labute approximate surface area is 148 Å². The largest absolute Gasteiger partial charge is 0.478 e. The molecule has 0 radical (unpaired) electrons. The Hall–Kier alpha value is -2.42. The highest BCUT2D eigenvalue weighted by Crippen LogP contribution is 2.36. The molecule has 0 saturated carbocycles. The average molecular weight is 361 g/mol. The van der Waals surface area contributed by atoms with E-state index in [1.54, 1.807) is 0 Å². The predicted octanol–water partition coefficient (Wildman–Crippen LogP) is 2.17. The molecule has 3 rings (SSSR count). The lowest BCUT2D eigenvalue weighted by Crippen LogP contribution is -2.40. The first-order chi connectivity index (χ1) is 12.1. The Morgan fingerprint density at radius 3 is 2.80 bits per heavy atom. The Morgan fingerprint density at radius 1 is 1.36 bits per heavy atom. The van der Waals surface area contributed by atoms with Gasteiger partial charge in [-0.05, 0) is 17.5 Å². The minimum Gasteiger partial charge on any atom is -0.478 e. The summed E-state index contributed by atoms with van der Waals surface area (Å²) in [6.45, 7) is 1.09. The lowest BCUT2D eigenvalue weighted by Gasteiger charge is -2.22. The van der Waals surface area contributed by atoms with Crippen LogP contribution in [0.2, 0.25) is 0 Å². The van der Waals surface area contributed by atoms with E-state index in [1.807, 2.05) is 30.3 Å². The maximum absolute atomic E-state index is 12.0. The van der Waals surface area contributed by atoms with Crippen LogP contribution in [0.4, 0.5) is 9.80 Å². The van der Waals surface area contributed by atoms with E-state index in [0.717, 1.165) is 16.0 Å². The number of nitrogens with two attached hydrogens (primary N) is 1. The van der Waals surface area contributed by atoms with Gasteiger partial charge >= 0.3 is 12.1 Å². The molecule has 0 saturated heterocycles. The molecule has 7 nitrogen and oxygen atoms in total. The van der Waals surface area contributed by atoms with Gasteiger partial charge in [0.15, 0.2) is 0 Å². The number of nitrogens with one attached hydrogen (secondary N) is 2. The highest BCUT2D eigenvalue weighted by molar-refractivity contribution is 7.17. The zero-order valence-electron chi connectivity index (χ0n) is 13.5. The number of carbonyl (C=O) groups is 2. The highest BCUT2D eigenvalue weighted by Gasteiger charge is 2.29. The summed E-state index contributed by atoms with van der Waals surface area (Å²) in [6, 6.07) is 9.32. The summed E-state index contributed by atoms with van der Waals surface area (Å²) in [7, 11) is 0. The number of carboxylic acids is 1. The number of aromatic carboxylic acids is 1. The standard InChI is InChI=1S/C17H19N3O4S/c18-7-11-6-12-13(8-19-11)25-15(14(12)16(21)22)20-17(23)24-9-10-4-2-1-3-5-10/h1-5,11,19H,6-9,18H2,(H,20,23)(H,21,22)/t11-/m0/s1. The minimum atomic E-state index is -1.06. The van der Waals surface area contributed by atoms with Crippen LogP contribution in [0.3, 0.4) is 0 Å². The molecule has 0 fully saturated rings. The second kappa shape index (κ2) is 7.64. The van der Waals surface area contributed by atoms with Crippen LogP contribution in [-0.2, 0) is 24.3 Å². The van der Waals surface area contributed by atoms with Crippen LogP contribution >= 0.6 is 11.3 Å². The van der Waals surface area contributed by atoms with Crippen molar-refractivity contribution in [1.29, 1.82) is 0 Å². The molecule has 8 heteroatoms. The van der Waals surface area contributed by atoms with Gasteiger partial charge in [0.2, 0.25) is 0 Å². The van der Waals surface area contributed by atoms with E-state index in [4.69, 9.17) is 10.5 Å². The first-order valence-electron chi connectivity index (χ1n) is 7.87. The van der Waals surface area contributed by atoms with Crippen LogP contribution in [0, 0.1) is 0 Å². The number of fused-ring (bicyclic) bond motifs is 1. The minimum absolute atomic E-state index is 0.0399. The Bertz CT molecular complexity index is 776. The number of ether oxygens (including phenoxy) is 1. The van der Waals surface area contributed by atoms with E-state index in [-0.39, 0.29) is 18.2 Å². The highest BCUT2D eigenvalue weighted by atomic mass is 32.1. The molecule has 0 aliphatic carbocycles. The number of rotatable bonds is 5. The van der Waals surface area contributed by atoms with Gasteiger partial charge in [0.05, 0.1) is 5.56 Å². The van der Waals surface area contributed by atoms with Crippen LogP contribution in [0.1, 0.15) is 26.4 Å². The summed E-state index contributed by atoms with van der Waals surface area (Å²) in [6.07, 6.45) is -0.140. The third kappa shape index (κ3) is 3.98. The molecule has 1 aromatic heterocycles. The molecule has 0 bridgehead atoms. The van der Waals surface area contributed by atoms with E-state index in [1.165, 1.54) is 11.3 Å². The van der Waals surface area contributed by atoms with Gasteiger partial charge in [0.25, 0.3) is 0 Å². The van der Waals surface area contributed by atoms with E-state index in [9.17, 15) is 14.7 Å². The molecule has 0 spiro atoms. The van der Waals surface area contributed by atoms with Crippen molar-refractivity contribution in [2.45, 2.75) is 25.6 Å². The van der Waals surface area contributed by atoms with Crippen LogP contribution in [0.5, 0.6) is 0 Å². The Morgan fingerprint density at radius 2 is 2.12 bits per heavy atom. The van der Waals surface area contributed by atoms with Crippen molar-refractivity contribution < 1.29 is 19.4 Å². The predicted molar refractivity (Wildman–Crippen MR) is 94.9 cm³/mol. The van der Waals surface area contributed by atoms with Gasteiger partial charge in [-0.2, -0.15) is 0 Å². The van der Waals surface area contributed by atoms with Crippen molar-refractivity contribution in [3.8, 4) is 0 Å². The molecular weight excluding hydrogens is 342 g/mol. The summed E-state index contributed by atoms with van der Waals surface area (Å²) in [4.78, 5) is 24.6. The second-order valence-electron chi connectivity index (χ2n) is 5.72. The number of anilines is 1. The van der Waals surface area contributed by atoms with Crippen molar-refractivity contribution in [1.82, 2.24) is 5.32 Å². The fourth-order valence-electron chi connectivity index (χ4n) is 2.76. The Kier molecular flexibility index (Phi) is 5.32. The first-order valence-corrected chi connectivity index (χ1v) is 8.69. The topological polar surface area (TPSA) is 114 Å². The normalized spacial score (nSPS) is 16.1. The summed E-state index contributed by atoms with van der Waals surface area (Å²) < 4.78 is 5.17. The van der Waals surface area contributed by atoms with Crippen molar-refractivity contribution in [3.05, 3.63) is 51.9 Å². The maximum atomic E-state index is 12.0. The number of carbonyl (C=O) groups excluding carboxylic acids is 1. The molecule has 1 aliphatic rings. The lowest BCUT2D eigenvalue weighted by molar-refractivity contribution is 0.0697. The summed E-state index contributed by atoms with van der Waals surface area (Å²) in [5.74, 6) is -1.06. The fraction of sp³-hybridized carbons (Fsp3) is 0.294. The number of hydrogen-bond donors (Lipinski definition) is 4. The fourth-order valence-corrected chi connectivity index (χ4v) is 3.92. The van der Waals surface area contributed by atoms with Crippen molar-refractivity contribution in [2.75, 3.05) is 11.9 Å². The molecule has 1 atom stereocenters. The smallest absolute Gasteiger partial charge is 0.412 e. The van der Waals surface area contributed by atoms with Crippen molar-refractivity contribution in [2.24, 2.45) is 5.73 Å². The van der Waals surface area contributed by atoms with Crippen LogP contribution in [0.15, 0.2) is 30.3 Å². The third-order valence-electron chi connectivity index (χ3n) is 4.02. The molecule has 2 aromatic rings. The molecule has 2 heterocycles. The van der Waals surface area contributed by atoms with E-state index < -0.39 is 12.1 Å². The van der Waals surface area contributed by atoms with Gasteiger partial charge < -0.3 is 20.9 Å². The number of amides is 1. The first kappa shape index (κ1) is 17.4. The molecular formula is C17H19N3O4S. The summed E-state index contributed by atoms with van der Waals surface area (Å²) in [5, 5.41) is 15.7. The molecule has 1 aromatic carbocycles. The van der Waals surface area contributed by atoms with Gasteiger partial charge in [-0.25, -0.2) is 9.59 Å².